The van der Waals surface area contributed by atoms with Gasteiger partial charge in [-0.15, -0.1) is 11.3 Å². The second-order valence-corrected chi connectivity index (χ2v) is 11.6. The van der Waals surface area contributed by atoms with E-state index in [0.717, 1.165) is 35.6 Å². The Morgan fingerprint density at radius 2 is 2.03 bits per heavy atom. The lowest BCUT2D eigenvalue weighted by atomic mass is 9.81. The first kappa shape index (κ1) is 26.7. The van der Waals surface area contributed by atoms with Crippen LogP contribution in [0, 0.1) is 5.92 Å². The Kier molecular flexibility index (Phi) is 8.77. The molecule has 194 valence electrons. The molecule has 0 radical (unpaired) electrons. The van der Waals surface area contributed by atoms with Gasteiger partial charge >= 0.3 is 0 Å². The van der Waals surface area contributed by atoms with E-state index in [9.17, 15) is 14.4 Å². The maximum Gasteiger partial charge on any atom is 0.280 e. The zero-order valence-electron chi connectivity index (χ0n) is 21.1. The third kappa shape index (κ3) is 6.70. The van der Waals surface area contributed by atoms with Crippen molar-refractivity contribution < 1.29 is 14.4 Å². The van der Waals surface area contributed by atoms with Crippen LogP contribution in [0.2, 0.25) is 5.02 Å². The number of carbonyl (C=O) groups is 3. The number of ketones is 1. The standard InChI is InChI=1S/C26H34ClN5O3S/c1-31(2)26(35)17-7-8-20(28-14-19(33)12-16-5-4-6-18(27)11-16)22(13-17)29-24(34)25-30-21-9-10-32(3)15-23(21)36-25/h4-6,11,17,20,22,28H,7-10,12-15H2,1-3H3,(H,29,34). The van der Waals surface area contributed by atoms with E-state index in [4.69, 9.17) is 11.6 Å². The number of hydrogen-bond donors (Lipinski definition) is 2. The number of halogens is 1. The van der Waals surface area contributed by atoms with Crippen molar-refractivity contribution in [3.8, 4) is 0 Å². The molecular weight excluding hydrogens is 498 g/mol. The first-order chi connectivity index (χ1) is 17.2. The highest BCUT2D eigenvalue weighted by Crippen LogP contribution is 2.28. The second kappa shape index (κ2) is 11.8. The molecule has 36 heavy (non-hydrogen) atoms. The maximum absolute atomic E-state index is 13.2. The van der Waals surface area contributed by atoms with Crippen molar-refractivity contribution in [3.05, 3.63) is 50.4 Å². The van der Waals surface area contributed by atoms with Gasteiger partial charge in [0.2, 0.25) is 5.91 Å². The van der Waals surface area contributed by atoms with E-state index in [-0.39, 0.29) is 48.6 Å². The number of likely N-dealkylation sites (N-methyl/N-ethyl adjacent to an activating group) is 1. The van der Waals surface area contributed by atoms with Crippen molar-refractivity contribution in [1.29, 1.82) is 0 Å². The number of rotatable bonds is 8. The highest BCUT2D eigenvalue weighted by molar-refractivity contribution is 7.13. The Bertz CT molecular complexity index is 1120. The molecule has 2 heterocycles. The van der Waals surface area contributed by atoms with Crippen molar-refractivity contribution in [3.63, 3.8) is 0 Å². The summed E-state index contributed by atoms with van der Waals surface area (Å²) >= 11 is 7.49. The van der Waals surface area contributed by atoms with Crippen LogP contribution in [-0.4, -0.2) is 78.7 Å². The van der Waals surface area contributed by atoms with Crippen LogP contribution in [0.4, 0.5) is 0 Å². The van der Waals surface area contributed by atoms with Gasteiger partial charge < -0.3 is 20.4 Å². The van der Waals surface area contributed by atoms with E-state index >= 15 is 0 Å². The SMILES string of the molecule is CN1CCc2nc(C(=O)NC3CC(C(=O)N(C)C)CCC3NCC(=O)Cc3cccc(Cl)c3)sc2C1. The summed E-state index contributed by atoms with van der Waals surface area (Å²) in [7, 11) is 5.58. The molecule has 1 aliphatic carbocycles. The second-order valence-electron chi connectivity index (χ2n) is 10.0. The van der Waals surface area contributed by atoms with Gasteiger partial charge in [0.05, 0.1) is 12.2 Å². The molecule has 2 aromatic rings. The van der Waals surface area contributed by atoms with E-state index in [1.54, 1.807) is 31.1 Å². The molecule has 1 saturated carbocycles. The number of thiazole rings is 1. The molecule has 10 heteroatoms. The van der Waals surface area contributed by atoms with Crippen LogP contribution >= 0.6 is 22.9 Å². The summed E-state index contributed by atoms with van der Waals surface area (Å²) in [5, 5.41) is 7.58. The minimum absolute atomic E-state index is 0.0468. The fraction of sp³-hybridized carbons (Fsp3) is 0.538. The summed E-state index contributed by atoms with van der Waals surface area (Å²) in [5.41, 5.74) is 1.88. The quantitative estimate of drug-likeness (QED) is 0.543. The molecule has 0 spiro atoms. The monoisotopic (exact) mass is 531 g/mol. The van der Waals surface area contributed by atoms with Gasteiger partial charge in [-0.2, -0.15) is 0 Å². The average Bonchev–Trinajstić information content (AvgIpc) is 3.26. The lowest BCUT2D eigenvalue weighted by Gasteiger charge is -2.37. The number of benzene rings is 1. The van der Waals surface area contributed by atoms with E-state index in [0.29, 0.717) is 29.3 Å². The summed E-state index contributed by atoms with van der Waals surface area (Å²) < 4.78 is 0. The summed E-state index contributed by atoms with van der Waals surface area (Å²) in [5.74, 6) is -0.260. The lowest BCUT2D eigenvalue weighted by Crippen LogP contribution is -2.55. The van der Waals surface area contributed by atoms with Gasteiger partial charge in [-0.25, -0.2) is 4.98 Å². The van der Waals surface area contributed by atoms with Crippen LogP contribution in [-0.2, 0) is 29.0 Å². The Labute approximate surface area is 221 Å². The van der Waals surface area contributed by atoms with Crippen molar-refractivity contribution in [2.24, 2.45) is 5.92 Å². The molecule has 4 rings (SSSR count). The summed E-state index contributed by atoms with van der Waals surface area (Å²) in [6.45, 7) is 1.93. The van der Waals surface area contributed by atoms with E-state index < -0.39 is 0 Å². The third-order valence-corrected chi connectivity index (χ3v) is 8.24. The minimum atomic E-state index is -0.275. The molecule has 2 aliphatic rings. The van der Waals surface area contributed by atoms with Gasteiger partial charge in [0.25, 0.3) is 5.91 Å². The normalized spacial score (nSPS) is 22.1. The largest absolute Gasteiger partial charge is 0.349 e. The van der Waals surface area contributed by atoms with Gasteiger partial charge in [-0.3, -0.25) is 14.4 Å². The molecule has 0 saturated heterocycles. The predicted molar refractivity (Wildman–Crippen MR) is 141 cm³/mol. The van der Waals surface area contributed by atoms with Gasteiger partial charge in [-0.1, -0.05) is 23.7 Å². The highest BCUT2D eigenvalue weighted by atomic mass is 35.5. The first-order valence-corrected chi connectivity index (χ1v) is 13.6. The topological polar surface area (TPSA) is 94.6 Å². The molecule has 1 aromatic carbocycles. The van der Waals surface area contributed by atoms with Crippen molar-refractivity contribution in [1.82, 2.24) is 25.4 Å². The Balaban J connectivity index is 1.42. The first-order valence-electron chi connectivity index (χ1n) is 12.4. The maximum atomic E-state index is 13.2. The fourth-order valence-corrected chi connectivity index (χ4v) is 6.30. The van der Waals surface area contributed by atoms with E-state index in [1.807, 2.05) is 12.1 Å². The zero-order valence-corrected chi connectivity index (χ0v) is 22.6. The summed E-state index contributed by atoms with van der Waals surface area (Å²) in [4.78, 5) is 48.1. The summed E-state index contributed by atoms with van der Waals surface area (Å²) in [6.07, 6.45) is 3.06. The third-order valence-electron chi connectivity index (χ3n) is 6.92. The van der Waals surface area contributed by atoms with Crippen molar-refractivity contribution in [2.45, 2.75) is 50.7 Å². The van der Waals surface area contributed by atoms with Gasteiger partial charge in [-0.05, 0) is 44.0 Å². The number of Topliss-reactive ketones (excluding diaryl/α,β-unsaturated/α-hetero) is 1. The van der Waals surface area contributed by atoms with E-state index in [2.05, 4.69) is 27.6 Å². The van der Waals surface area contributed by atoms with Gasteiger partial charge in [0, 0.05) is 67.9 Å². The number of fused-ring (bicyclic) bond motifs is 1. The number of nitrogens with one attached hydrogen (secondary N) is 2. The van der Waals surface area contributed by atoms with E-state index in [1.165, 1.54) is 11.3 Å². The lowest BCUT2D eigenvalue weighted by molar-refractivity contribution is -0.134. The molecule has 8 nitrogen and oxygen atoms in total. The Morgan fingerprint density at radius 3 is 2.78 bits per heavy atom. The Morgan fingerprint density at radius 1 is 1.22 bits per heavy atom. The number of nitrogens with zero attached hydrogens (tertiary/aromatic N) is 3. The predicted octanol–water partition coefficient (Wildman–Crippen LogP) is 2.54. The fourth-order valence-electron chi connectivity index (χ4n) is 5.00. The number of aromatic nitrogens is 1. The van der Waals surface area contributed by atoms with Crippen LogP contribution in [0.3, 0.4) is 0 Å². The zero-order chi connectivity index (χ0) is 25.8. The Hall–Kier alpha value is -2.33. The molecule has 1 aromatic heterocycles. The smallest absolute Gasteiger partial charge is 0.280 e. The molecule has 3 atom stereocenters. The molecular formula is C26H34ClN5O3S. The van der Waals surface area contributed by atoms with Crippen molar-refractivity contribution in [2.75, 3.05) is 34.2 Å². The minimum Gasteiger partial charge on any atom is -0.349 e. The average molecular weight is 532 g/mol. The molecule has 0 bridgehead atoms. The van der Waals surface area contributed by atoms with Gasteiger partial charge in [0.15, 0.2) is 10.8 Å². The highest BCUT2D eigenvalue weighted by Gasteiger charge is 2.36. The molecule has 1 aliphatic heterocycles. The van der Waals surface area contributed by atoms with Crippen LogP contribution in [0.5, 0.6) is 0 Å². The van der Waals surface area contributed by atoms with Crippen LogP contribution < -0.4 is 10.6 Å². The number of hydrogen-bond acceptors (Lipinski definition) is 7. The molecule has 3 unspecified atom stereocenters. The molecule has 2 amide bonds. The molecule has 1 fully saturated rings. The molecule has 2 N–H and O–H groups in total. The van der Waals surface area contributed by atoms with Gasteiger partial charge in [0.1, 0.15) is 0 Å². The van der Waals surface area contributed by atoms with Crippen molar-refractivity contribution >= 4 is 40.5 Å². The number of carbonyl (C=O) groups excluding carboxylic acids is 3. The van der Waals surface area contributed by atoms with Crippen LogP contribution in [0.1, 0.15) is 45.2 Å². The van der Waals surface area contributed by atoms with Crippen LogP contribution in [0.15, 0.2) is 24.3 Å². The number of amides is 2. The van der Waals surface area contributed by atoms with Crippen LogP contribution in [0.25, 0.3) is 0 Å². The summed E-state index contributed by atoms with van der Waals surface area (Å²) in [6, 6.07) is 6.92.